The number of nitrogens with zero attached hydrogens (tertiary/aromatic N) is 3. The summed E-state index contributed by atoms with van der Waals surface area (Å²) in [6, 6.07) is 9.92. The molecule has 2 heterocycles. The van der Waals surface area contributed by atoms with E-state index in [2.05, 4.69) is 10.3 Å². The van der Waals surface area contributed by atoms with Crippen LogP contribution in [0, 0.1) is 5.82 Å². The van der Waals surface area contributed by atoms with Crippen LogP contribution in [-0.4, -0.2) is 59.6 Å². The number of rotatable bonds is 5. The summed E-state index contributed by atoms with van der Waals surface area (Å²) < 4.78 is 18.7. The maximum Gasteiger partial charge on any atom is 0.409 e. The molecule has 0 aliphatic carbocycles. The summed E-state index contributed by atoms with van der Waals surface area (Å²) in [5.41, 5.74) is 1.54. The van der Waals surface area contributed by atoms with E-state index < -0.39 is 0 Å². The number of hydrogen-bond donors (Lipinski definition) is 1. The number of ether oxygens (including phenoxy) is 1. The van der Waals surface area contributed by atoms with Gasteiger partial charge in [0.15, 0.2) is 0 Å². The number of halogens is 1. The molecule has 1 saturated heterocycles. The summed E-state index contributed by atoms with van der Waals surface area (Å²) in [5, 5.41) is 3.12. The monoisotopic (exact) mass is 386 g/mol. The maximum absolute atomic E-state index is 13.7. The molecule has 1 aromatic carbocycles. The van der Waals surface area contributed by atoms with Crippen molar-refractivity contribution in [3.8, 4) is 0 Å². The van der Waals surface area contributed by atoms with Gasteiger partial charge in [-0.05, 0) is 25.1 Å². The number of aromatic nitrogens is 1. The first kappa shape index (κ1) is 19.6. The smallest absolute Gasteiger partial charge is 0.409 e. The fraction of sp³-hybridized carbons (Fsp3) is 0.350. The van der Waals surface area contributed by atoms with Crippen molar-refractivity contribution >= 4 is 17.7 Å². The Labute approximate surface area is 163 Å². The minimum absolute atomic E-state index is 0.196. The van der Waals surface area contributed by atoms with Crippen LogP contribution in [0.4, 0.5) is 14.9 Å². The summed E-state index contributed by atoms with van der Waals surface area (Å²) >= 11 is 0. The lowest BCUT2D eigenvalue weighted by Gasteiger charge is -2.33. The molecule has 2 amide bonds. The lowest BCUT2D eigenvalue weighted by Crippen LogP contribution is -2.50. The molecule has 1 fully saturated rings. The molecule has 7 nitrogen and oxygen atoms in total. The van der Waals surface area contributed by atoms with Gasteiger partial charge in [-0.1, -0.05) is 18.2 Å². The van der Waals surface area contributed by atoms with Crippen LogP contribution < -0.4 is 5.32 Å². The molecular formula is C20H23FN4O3. The van der Waals surface area contributed by atoms with Gasteiger partial charge in [0.05, 0.1) is 6.61 Å². The van der Waals surface area contributed by atoms with E-state index in [0.717, 1.165) is 0 Å². The highest BCUT2D eigenvalue weighted by Gasteiger charge is 2.26. The Kier molecular flexibility index (Phi) is 6.41. The van der Waals surface area contributed by atoms with Gasteiger partial charge >= 0.3 is 6.09 Å². The predicted molar refractivity (Wildman–Crippen MR) is 102 cm³/mol. The number of nitrogens with one attached hydrogen (secondary N) is 1. The number of piperazine rings is 1. The van der Waals surface area contributed by atoms with E-state index in [9.17, 15) is 14.0 Å². The van der Waals surface area contributed by atoms with Crippen molar-refractivity contribution in [3.63, 3.8) is 0 Å². The molecule has 3 rings (SSSR count). The van der Waals surface area contributed by atoms with Gasteiger partial charge in [-0.15, -0.1) is 0 Å². The number of amides is 2. The second-order valence-electron chi connectivity index (χ2n) is 6.35. The van der Waals surface area contributed by atoms with Gasteiger partial charge in [0.25, 0.3) is 5.91 Å². The summed E-state index contributed by atoms with van der Waals surface area (Å²) in [4.78, 5) is 31.9. The van der Waals surface area contributed by atoms with Crippen molar-refractivity contribution < 1.29 is 18.7 Å². The fourth-order valence-corrected chi connectivity index (χ4v) is 2.97. The van der Waals surface area contributed by atoms with Crippen LogP contribution in [0.1, 0.15) is 23.0 Å². The summed E-state index contributed by atoms with van der Waals surface area (Å²) in [6.07, 6.45) is 1.19. The second-order valence-corrected chi connectivity index (χ2v) is 6.35. The van der Waals surface area contributed by atoms with Crippen molar-refractivity contribution in [3.05, 3.63) is 59.7 Å². The van der Waals surface area contributed by atoms with E-state index >= 15 is 0 Å². The Morgan fingerprint density at radius 3 is 2.57 bits per heavy atom. The quantitative estimate of drug-likeness (QED) is 0.855. The topological polar surface area (TPSA) is 74.8 Å². The molecule has 0 radical (unpaired) electrons. The molecule has 0 saturated carbocycles. The SMILES string of the molecule is CCOC(=O)N1CCN(C(=O)c2cc(NCc3ccccc3F)ccn2)CC1. The van der Waals surface area contributed by atoms with Gasteiger partial charge in [-0.2, -0.15) is 0 Å². The van der Waals surface area contributed by atoms with Gasteiger partial charge in [0.1, 0.15) is 11.5 Å². The summed E-state index contributed by atoms with van der Waals surface area (Å²) in [6.45, 7) is 4.09. The number of carbonyl (C=O) groups excluding carboxylic acids is 2. The molecule has 1 N–H and O–H groups in total. The highest BCUT2D eigenvalue weighted by Crippen LogP contribution is 2.15. The predicted octanol–water partition coefficient (Wildman–Crippen LogP) is 2.75. The number of pyridine rings is 1. The molecule has 0 atom stereocenters. The average molecular weight is 386 g/mol. The third kappa shape index (κ3) is 4.76. The zero-order chi connectivity index (χ0) is 19.9. The van der Waals surface area contributed by atoms with Crippen LogP contribution >= 0.6 is 0 Å². The summed E-state index contributed by atoms with van der Waals surface area (Å²) in [7, 11) is 0. The molecule has 1 aliphatic rings. The van der Waals surface area contributed by atoms with E-state index in [1.807, 2.05) is 0 Å². The first-order chi connectivity index (χ1) is 13.6. The van der Waals surface area contributed by atoms with Gasteiger partial charge in [-0.3, -0.25) is 9.78 Å². The fourth-order valence-electron chi connectivity index (χ4n) is 2.97. The van der Waals surface area contributed by atoms with Crippen LogP contribution in [0.2, 0.25) is 0 Å². The van der Waals surface area contributed by atoms with Gasteiger partial charge < -0.3 is 19.9 Å². The maximum atomic E-state index is 13.7. The van der Waals surface area contributed by atoms with Crippen molar-refractivity contribution in [1.82, 2.24) is 14.8 Å². The van der Waals surface area contributed by atoms with Crippen molar-refractivity contribution in [1.29, 1.82) is 0 Å². The number of benzene rings is 1. The summed E-state index contributed by atoms with van der Waals surface area (Å²) in [5.74, 6) is -0.474. The third-order valence-electron chi connectivity index (χ3n) is 4.51. The van der Waals surface area contributed by atoms with Gasteiger partial charge in [-0.25, -0.2) is 9.18 Å². The van der Waals surface area contributed by atoms with Crippen LogP contribution in [0.3, 0.4) is 0 Å². The Hall–Kier alpha value is -3.16. The van der Waals surface area contributed by atoms with E-state index in [1.54, 1.807) is 53.3 Å². The van der Waals surface area contributed by atoms with Crippen molar-refractivity contribution in [2.24, 2.45) is 0 Å². The number of carbonyl (C=O) groups is 2. The Balaban J connectivity index is 1.58. The molecule has 0 spiro atoms. The molecule has 1 aromatic heterocycles. The largest absolute Gasteiger partial charge is 0.450 e. The standard InChI is InChI=1S/C20H23FN4O3/c1-2-28-20(27)25-11-9-24(10-12-25)19(26)18-13-16(7-8-22-18)23-14-15-5-3-4-6-17(15)21/h3-8,13H,2,9-12,14H2,1H3,(H,22,23). The van der Waals surface area contributed by atoms with Crippen molar-refractivity contribution in [2.75, 3.05) is 38.1 Å². The molecule has 148 valence electrons. The normalized spacial score (nSPS) is 13.9. The van der Waals surface area contributed by atoms with E-state index in [-0.39, 0.29) is 17.8 Å². The van der Waals surface area contributed by atoms with Crippen molar-refractivity contribution in [2.45, 2.75) is 13.5 Å². The van der Waals surface area contributed by atoms with E-state index in [4.69, 9.17) is 4.74 Å². The zero-order valence-electron chi connectivity index (χ0n) is 15.7. The highest BCUT2D eigenvalue weighted by molar-refractivity contribution is 5.93. The lowest BCUT2D eigenvalue weighted by atomic mass is 10.2. The van der Waals surface area contributed by atoms with Gasteiger partial charge in [0, 0.05) is 50.2 Å². The number of hydrogen-bond acceptors (Lipinski definition) is 5. The molecule has 1 aliphatic heterocycles. The van der Waals surface area contributed by atoms with Crippen LogP contribution in [0.15, 0.2) is 42.6 Å². The number of anilines is 1. The molecule has 0 bridgehead atoms. The van der Waals surface area contributed by atoms with E-state index in [1.165, 1.54) is 6.07 Å². The molecule has 0 unspecified atom stereocenters. The average Bonchev–Trinajstić information content (AvgIpc) is 2.73. The third-order valence-corrected chi connectivity index (χ3v) is 4.51. The first-order valence-electron chi connectivity index (χ1n) is 9.22. The van der Waals surface area contributed by atoms with Crippen LogP contribution in [0.25, 0.3) is 0 Å². The highest BCUT2D eigenvalue weighted by atomic mass is 19.1. The minimum Gasteiger partial charge on any atom is -0.450 e. The lowest BCUT2D eigenvalue weighted by molar-refractivity contribution is 0.0566. The van der Waals surface area contributed by atoms with Crippen LogP contribution in [-0.2, 0) is 11.3 Å². The molecule has 8 heteroatoms. The molecular weight excluding hydrogens is 363 g/mol. The zero-order valence-corrected chi connectivity index (χ0v) is 15.7. The Morgan fingerprint density at radius 2 is 1.86 bits per heavy atom. The molecule has 28 heavy (non-hydrogen) atoms. The first-order valence-corrected chi connectivity index (χ1v) is 9.22. The Morgan fingerprint density at radius 1 is 1.14 bits per heavy atom. The Bertz CT molecular complexity index is 838. The minimum atomic E-state index is -0.355. The molecule has 2 aromatic rings. The van der Waals surface area contributed by atoms with E-state index in [0.29, 0.717) is 56.3 Å². The van der Waals surface area contributed by atoms with Crippen LogP contribution in [0.5, 0.6) is 0 Å². The van der Waals surface area contributed by atoms with Gasteiger partial charge in [0.2, 0.25) is 0 Å². The second kappa shape index (κ2) is 9.16.